The van der Waals surface area contributed by atoms with Crippen LogP contribution < -0.4 is 10.3 Å². The summed E-state index contributed by atoms with van der Waals surface area (Å²) in [6, 6.07) is 7.71. The molecule has 2 aromatic heterocycles. The van der Waals surface area contributed by atoms with Gasteiger partial charge in [-0.3, -0.25) is 9.89 Å². The van der Waals surface area contributed by atoms with E-state index < -0.39 is 10.0 Å². The van der Waals surface area contributed by atoms with Gasteiger partial charge in [-0.1, -0.05) is 17.7 Å². The summed E-state index contributed by atoms with van der Waals surface area (Å²) in [5.74, 6) is 0.0300. The van der Waals surface area contributed by atoms with Crippen LogP contribution in [0.4, 0.5) is 5.95 Å². The van der Waals surface area contributed by atoms with Gasteiger partial charge in [-0.15, -0.1) is 0 Å². The molecule has 0 amide bonds. The summed E-state index contributed by atoms with van der Waals surface area (Å²) in [5, 5.41) is 2.57. The Bertz CT molecular complexity index is 1000. The molecule has 9 heteroatoms. The normalized spacial score (nSPS) is 11.7. The molecule has 0 unspecified atom stereocenters. The average Bonchev–Trinajstić information content (AvgIpc) is 2.81. The number of hydrogen-bond acceptors (Lipinski definition) is 5. The van der Waals surface area contributed by atoms with Crippen LogP contribution in [0.15, 0.2) is 40.0 Å². The Morgan fingerprint density at radius 2 is 1.82 bits per heavy atom. The predicted octanol–water partition coefficient (Wildman–Crippen LogP) is 0.835. The van der Waals surface area contributed by atoms with Gasteiger partial charge in [0.25, 0.3) is 21.4 Å². The molecule has 1 aromatic carbocycles. The fraction of sp³-hybridized carbons (Fsp3) is 0.154. The maximum absolute atomic E-state index is 12.3. The average molecular weight is 319 g/mol. The van der Waals surface area contributed by atoms with Crippen LogP contribution in [0, 0.1) is 13.8 Å². The standard InChI is InChI=1S/C13H13N5O3S/c1-8-3-5-10(6-4-8)22(20,21)17-12-15-13-14-9(2)7-11(19)18(13)16-12/h3-7H,1-2H3,(H2,14,15,16,17). The number of nitrogens with one attached hydrogen (secondary N) is 2. The molecule has 3 rings (SSSR count). The van der Waals surface area contributed by atoms with Crippen LogP contribution >= 0.6 is 0 Å². The topological polar surface area (TPSA) is 109 Å². The van der Waals surface area contributed by atoms with E-state index >= 15 is 0 Å². The van der Waals surface area contributed by atoms with Crippen LogP contribution in [0.3, 0.4) is 0 Å². The van der Waals surface area contributed by atoms with Crippen LogP contribution in [0.1, 0.15) is 11.3 Å². The summed E-state index contributed by atoms with van der Waals surface area (Å²) >= 11 is 0. The highest BCUT2D eigenvalue weighted by Gasteiger charge is 2.16. The number of H-pyrrole nitrogens is 1. The Balaban J connectivity index is 2.00. The Morgan fingerprint density at radius 3 is 2.50 bits per heavy atom. The number of aromatic nitrogens is 4. The zero-order valence-corrected chi connectivity index (χ0v) is 12.7. The second-order valence-corrected chi connectivity index (χ2v) is 6.54. The summed E-state index contributed by atoms with van der Waals surface area (Å²) in [6.07, 6.45) is 0. The SMILES string of the molecule is Cc1ccc(S(=O)(=O)Nc2nc3nc(C)cc(=O)n3[nH]2)cc1. The van der Waals surface area contributed by atoms with Gasteiger partial charge in [0, 0.05) is 11.8 Å². The molecule has 0 radical (unpaired) electrons. The first-order chi connectivity index (χ1) is 10.3. The number of rotatable bonds is 3. The summed E-state index contributed by atoms with van der Waals surface area (Å²) in [4.78, 5) is 19.9. The van der Waals surface area contributed by atoms with E-state index in [2.05, 4.69) is 19.8 Å². The maximum Gasteiger partial charge on any atom is 0.274 e. The van der Waals surface area contributed by atoms with Gasteiger partial charge in [0.1, 0.15) is 0 Å². The third-order valence-corrected chi connectivity index (χ3v) is 4.38. The molecule has 0 fully saturated rings. The zero-order valence-electron chi connectivity index (χ0n) is 11.9. The van der Waals surface area contributed by atoms with Crippen molar-refractivity contribution in [3.63, 3.8) is 0 Å². The first-order valence-corrected chi connectivity index (χ1v) is 7.89. The number of aryl methyl sites for hydroxylation is 2. The van der Waals surface area contributed by atoms with E-state index in [0.29, 0.717) is 5.69 Å². The number of anilines is 1. The molecule has 0 aliphatic carbocycles. The highest BCUT2D eigenvalue weighted by Crippen LogP contribution is 2.14. The number of hydrogen-bond donors (Lipinski definition) is 2. The van der Waals surface area contributed by atoms with Crippen molar-refractivity contribution >= 4 is 21.7 Å². The molecule has 0 bridgehead atoms. The minimum Gasteiger partial charge on any atom is -0.267 e. The van der Waals surface area contributed by atoms with Crippen LogP contribution in [-0.4, -0.2) is 28.0 Å². The van der Waals surface area contributed by atoms with Gasteiger partial charge in [0.05, 0.1) is 4.90 Å². The third-order valence-electron chi connectivity index (χ3n) is 3.02. The lowest BCUT2D eigenvalue weighted by atomic mass is 10.2. The van der Waals surface area contributed by atoms with Crippen molar-refractivity contribution < 1.29 is 8.42 Å². The molecule has 3 aromatic rings. The summed E-state index contributed by atoms with van der Waals surface area (Å²) in [5.41, 5.74) is 1.09. The maximum atomic E-state index is 12.3. The second kappa shape index (κ2) is 4.95. The highest BCUT2D eigenvalue weighted by atomic mass is 32.2. The Morgan fingerprint density at radius 1 is 1.14 bits per heavy atom. The number of sulfonamides is 1. The lowest BCUT2D eigenvalue weighted by Crippen LogP contribution is -2.16. The molecule has 0 aliphatic heterocycles. The lowest BCUT2D eigenvalue weighted by Gasteiger charge is -2.04. The number of fused-ring (bicyclic) bond motifs is 1. The number of nitrogens with zero attached hydrogens (tertiary/aromatic N) is 3. The van der Waals surface area contributed by atoms with E-state index in [4.69, 9.17) is 0 Å². The van der Waals surface area contributed by atoms with E-state index in [1.807, 2.05) is 6.92 Å². The molecule has 0 saturated carbocycles. The monoisotopic (exact) mass is 319 g/mol. The fourth-order valence-electron chi connectivity index (χ4n) is 1.94. The van der Waals surface area contributed by atoms with Crippen LogP contribution in [0.25, 0.3) is 5.78 Å². The van der Waals surface area contributed by atoms with Gasteiger partial charge in [-0.05, 0) is 26.0 Å². The molecule has 0 atom stereocenters. The molecular weight excluding hydrogens is 306 g/mol. The molecule has 22 heavy (non-hydrogen) atoms. The number of benzene rings is 1. The van der Waals surface area contributed by atoms with Crippen molar-refractivity contribution in [2.45, 2.75) is 18.7 Å². The smallest absolute Gasteiger partial charge is 0.267 e. The summed E-state index contributed by atoms with van der Waals surface area (Å²) in [7, 11) is -3.79. The molecule has 8 nitrogen and oxygen atoms in total. The van der Waals surface area contributed by atoms with Crippen molar-refractivity contribution in [1.82, 2.24) is 19.6 Å². The van der Waals surface area contributed by atoms with E-state index in [-0.39, 0.29) is 22.2 Å². The van der Waals surface area contributed by atoms with Crippen molar-refractivity contribution in [2.75, 3.05) is 4.72 Å². The summed E-state index contributed by atoms with van der Waals surface area (Å²) < 4.78 is 27.9. The van der Waals surface area contributed by atoms with E-state index in [1.54, 1.807) is 19.1 Å². The number of aromatic amines is 1. The molecule has 2 heterocycles. The predicted molar refractivity (Wildman–Crippen MR) is 80.3 cm³/mol. The van der Waals surface area contributed by atoms with Gasteiger partial charge in [-0.2, -0.15) is 9.50 Å². The molecule has 0 aliphatic rings. The van der Waals surface area contributed by atoms with Crippen molar-refractivity contribution in [3.8, 4) is 0 Å². The van der Waals surface area contributed by atoms with Gasteiger partial charge in [0.2, 0.25) is 5.95 Å². The third kappa shape index (κ3) is 2.58. The molecular formula is C13H13N5O3S. The van der Waals surface area contributed by atoms with Gasteiger partial charge < -0.3 is 0 Å². The first-order valence-electron chi connectivity index (χ1n) is 6.41. The Hall–Kier alpha value is -2.68. The molecule has 2 N–H and O–H groups in total. The minimum atomic E-state index is -3.79. The Labute approximate surface area is 125 Å². The lowest BCUT2D eigenvalue weighted by molar-refractivity contribution is 0.600. The minimum absolute atomic E-state index is 0.0734. The van der Waals surface area contributed by atoms with Crippen molar-refractivity contribution in [3.05, 3.63) is 51.9 Å². The van der Waals surface area contributed by atoms with Crippen molar-refractivity contribution in [2.24, 2.45) is 0 Å². The second-order valence-electron chi connectivity index (χ2n) is 4.86. The van der Waals surface area contributed by atoms with Crippen LogP contribution in [-0.2, 0) is 10.0 Å². The largest absolute Gasteiger partial charge is 0.274 e. The zero-order chi connectivity index (χ0) is 15.9. The van der Waals surface area contributed by atoms with Gasteiger partial charge in [-0.25, -0.2) is 18.1 Å². The summed E-state index contributed by atoms with van der Waals surface area (Å²) in [6.45, 7) is 3.52. The van der Waals surface area contributed by atoms with Crippen molar-refractivity contribution in [1.29, 1.82) is 0 Å². The van der Waals surface area contributed by atoms with Crippen LogP contribution in [0.2, 0.25) is 0 Å². The Kier molecular flexibility index (Phi) is 3.21. The van der Waals surface area contributed by atoms with E-state index in [1.165, 1.54) is 18.2 Å². The molecule has 114 valence electrons. The van der Waals surface area contributed by atoms with Gasteiger partial charge >= 0.3 is 0 Å². The quantitative estimate of drug-likeness (QED) is 0.743. The van der Waals surface area contributed by atoms with E-state index in [9.17, 15) is 13.2 Å². The fourth-order valence-corrected chi connectivity index (χ4v) is 2.90. The molecule has 0 saturated heterocycles. The highest BCUT2D eigenvalue weighted by molar-refractivity contribution is 7.92. The molecule has 0 spiro atoms. The van der Waals surface area contributed by atoms with Gasteiger partial charge in [0.15, 0.2) is 0 Å². The first kappa shape index (κ1) is 14.3. The van der Waals surface area contributed by atoms with Crippen LogP contribution in [0.5, 0.6) is 0 Å². The van der Waals surface area contributed by atoms with E-state index in [0.717, 1.165) is 10.1 Å².